The molecular formula is C19H24N4O6S. The number of thioether (sulfide) groups is 1. The Hall–Kier alpha value is -3.05. The SMILES string of the molecule is N[C@@H](CCC(=O)O)C(=O)N[C@@H](CSCc1c[nH]c2ccccc12)C(=O)NCC(=O)O. The zero-order valence-corrected chi connectivity index (χ0v) is 16.9. The zero-order chi connectivity index (χ0) is 22.1. The van der Waals surface area contributed by atoms with E-state index in [1.807, 2.05) is 30.5 Å². The van der Waals surface area contributed by atoms with Crippen LogP contribution in [-0.4, -0.2) is 63.3 Å². The molecule has 1 heterocycles. The van der Waals surface area contributed by atoms with E-state index in [1.54, 1.807) is 0 Å². The summed E-state index contributed by atoms with van der Waals surface area (Å²) >= 11 is 1.39. The fourth-order valence-corrected chi connectivity index (χ4v) is 3.74. The number of carbonyl (C=O) groups excluding carboxylic acids is 2. The van der Waals surface area contributed by atoms with Gasteiger partial charge >= 0.3 is 11.9 Å². The van der Waals surface area contributed by atoms with Gasteiger partial charge in [0.05, 0.1) is 6.04 Å². The minimum Gasteiger partial charge on any atom is -0.481 e. The zero-order valence-electron chi connectivity index (χ0n) is 16.1. The Bertz CT molecular complexity index is 915. The van der Waals surface area contributed by atoms with Crippen LogP contribution in [0.25, 0.3) is 10.9 Å². The van der Waals surface area contributed by atoms with Crippen molar-refractivity contribution in [3.8, 4) is 0 Å². The third-order valence-corrected chi connectivity index (χ3v) is 5.35. The fourth-order valence-electron chi connectivity index (χ4n) is 2.70. The van der Waals surface area contributed by atoms with Gasteiger partial charge in [-0.3, -0.25) is 19.2 Å². The van der Waals surface area contributed by atoms with Crippen molar-refractivity contribution < 1.29 is 29.4 Å². The second-order valence-electron chi connectivity index (χ2n) is 6.59. The first-order chi connectivity index (χ1) is 14.3. The minimum absolute atomic E-state index is 0.0763. The maximum Gasteiger partial charge on any atom is 0.322 e. The van der Waals surface area contributed by atoms with Gasteiger partial charge in [-0.25, -0.2) is 0 Å². The summed E-state index contributed by atoms with van der Waals surface area (Å²) in [6.45, 7) is -0.580. The third kappa shape index (κ3) is 7.08. The largest absolute Gasteiger partial charge is 0.481 e. The van der Waals surface area contributed by atoms with Gasteiger partial charge in [-0.15, -0.1) is 0 Å². The number of rotatable bonds is 12. The molecule has 2 amide bonds. The Labute approximate surface area is 176 Å². The first-order valence-electron chi connectivity index (χ1n) is 9.18. The summed E-state index contributed by atoms with van der Waals surface area (Å²) < 4.78 is 0. The highest BCUT2D eigenvalue weighted by molar-refractivity contribution is 7.98. The average Bonchev–Trinajstić information content (AvgIpc) is 3.12. The predicted octanol–water partition coefficient (Wildman–Crippen LogP) is 0.279. The molecule has 0 aliphatic rings. The number of nitrogens with two attached hydrogens (primary N) is 1. The van der Waals surface area contributed by atoms with Crippen molar-refractivity contribution >= 4 is 46.4 Å². The van der Waals surface area contributed by atoms with Crippen molar-refractivity contribution in [2.24, 2.45) is 5.73 Å². The molecule has 0 unspecified atom stereocenters. The van der Waals surface area contributed by atoms with E-state index in [2.05, 4.69) is 15.6 Å². The third-order valence-electron chi connectivity index (χ3n) is 4.27. The summed E-state index contributed by atoms with van der Waals surface area (Å²) in [5.41, 5.74) is 7.71. The van der Waals surface area contributed by atoms with Crippen LogP contribution >= 0.6 is 11.8 Å². The molecule has 7 N–H and O–H groups in total. The first kappa shape index (κ1) is 23.2. The van der Waals surface area contributed by atoms with Gasteiger partial charge in [0.2, 0.25) is 11.8 Å². The summed E-state index contributed by atoms with van der Waals surface area (Å²) in [5, 5.41) is 23.2. The lowest BCUT2D eigenvalue weighted by Gasteiger charge is -2.20. The lowest BCUT2D eigenvalue weighted by atomic mass is 10.1. The number of fused-ring (bicyclic) bond motifs is 1. The molecule has 10 nitrogen and oxygen atoms in total. The number of carboxylic acid groups (broad SMARTS) is 2. The van der Waals surface area contributed by atoms with E-state index in [1.165, 1.54) is 11.8 Å². The van der Waals surface area contributed by atoms with Crippen molar-refractivity contribution in [1.82, 2.24) is 15.6 Å². The van der Waals surface area contributed by atoms with Crippen LogP contribution in [0, 0.1) is 0 Å². The van der Waals surface area contributed by atoms with Crippen LogP contribution < -0.4 is 16.4 Å². The van der Waals surface area contributed by atoms with Crippen molar-refractivity contribution in [2.75, 3.05) is 12.3 Å². The highest BCUT2D eigenvalue weighted by Gasteiger charge is 2.24. The monoisotopic (exact) mass is 436 g/mol. The average molecular weight is 436 g/mol. The lowest BCUT2D eigenvalue weighted by molar-refractivity contribution is -0.138. The molecule has 11 heteroatoms. The maximum absolute atomic E-state index is 12.3. The van der Waals surface area contributed by atoms with E-state index < -0.39 is 42.4 Å². The van der Waals surface area contributed by atoms with Crippen molar-refractivity contribution in [3.05, 3.63) is 36.0 Å². The summed E-state index contributed by atoms with van der Waals surface area (Å²) in [6.07, 6.45) is 1.52. The van der Waals surface area contributed by atoms with Crippen LogP contribution in [0.5, 0.6) is 0 Å². The topological polar surface area (TPSA) is 175 Å². The molecule has 0 saturated carbocycles. The number of nitrogens with one attached hydrogen (secondary N) is 3. The molecule has 0 radical (unpaired) electrons. The van der Waals surface area contributed by atoms with Gasteiger partial charge in [0.1, 0.15) is 12.6 Å². The van der Waals surface area contributed by atoms with E-state index in [0.717, 1.165) is 16.5 Å². The van der Waals surface area contributed by atoms with Crippen molar-refractivity contribution in [1.29, 1.82) is 0 Å². The molecule has 0 fully saturated rings. The van der Waals surface area contributed by atoms with Gasteiger partial charge in [0, 0.05) is 35.0 Å². The Morgan fingerprint density at radius 3 is 2.53 bits per heavy atom. The van der Waals surface area contributed by atoms with Gasteiger partial charge in [0.25, 0.3) is 0 Å². The number of amides is 2. The molecule has 0 saturated heterocycles. The second-order valence-corrected chi connectivity index (χ2v) is 7.62. The predicted molar refractivity (Wildman–Crippen MR) is 112 cm³/mol. The van der Waals surface area contributed by atoms with E-state index in [4.69, 9.17) is 15.9 Å². The molecule has 0 aliphatic heterocycles. The molecule has 0 bridgehead atoms. The van der Waals surface area contributed by atoms with Crippen LogP contribution in [0.15, 0.2) is 30.5 Å². The van der Waals surface area contributed by atoms with E-state index in [-0.39, 0.29) is 18.6 Å². The minimum atomic E-state index is -1.21. The fraction of sp³-hybridized carbons (Fsp3) is 0.368. The number of aromatic nitrogens is 1. The summed E-state index contributed by atoms with van der Waals surface area (Å²) in [6, 6.07) is 5.66. The van der Waals surface area contributed by atoms with Crippen LogP contribution in [0.2, 0.25) is 0 Å². The number of H-pyrrole nitrogens is 1. The number of carboxylic acids is 2. The molecule has 2 rings (SSSR count). The molecule has 2 aromatic rings. The molecular weight excluding hydrogens is 412 g/mol. The van der Waals surface area contributed by atoms with Crippen LogP contribution in [0.1, 0.15) is 18.4 Å². The van der Waals surface area contributed by atoms with Gasteiger partial charge in [-0.2, -0.15) is 11.8 Å². The Kier molecular flexibility index (Phi) is 8.69. The molecule has 162 valence electrons. The smallest absolute Gasteiger partial charge is 0.322 e. The van der Waals surface area contributed by atoms with E-state index in [0.29, 0.717) is 5.75 Å². The van der Waals surface area contributed by atoms with E-state index >= 15 is 0 Å². The standard InChI is InChI=1S/C19H24N4O6S/c20-13(5-6-16(24)25)18(28)23-15(19(29)22-8-17(26)27)10-30-9-11-7-21-14-4-2-1-3-12(11)14/h1-4,7,13,15,21H,5-6,8-10,20H2,(H,22,29)(H,23,28)(H,24,25)(H,26,27)/t13-,15-/m0/s1. The Balaban J connectivity index is 1.97. The number of aliphatic carboxylic acids is 2. The number of benzene rings is 1. The van der Waals surface area contributed by atoms with Crippen molar-refractivity contribution in [2.45, 2.75) is 30.7 Å². The molecule has 0 spiro atoms. The normalized spacial score (nSPS) is 12.8. The maximum atomic E-state index is 12.3. The molecule has 30 heavy (non-hydrogen) atoms. The van der Waals surface area contributed by atoms with Gasteiger partial charge in [0.15, 0.2) is 0 Å². The van der Waals surface area contributed by atoms with Gasteiger partial charge in [-0.1, -0.05) is 18.2 Å². The molecule has 1 aromatic carbocycles. The Morgan fingerprint density at radius 2 is 1.83 bits per heavy atom. The van der Waals surface area contributed by atoms with Gasteiger partial charge in [-0.05, 0) is 18.1 Å². The first-order valence-corrected chi connectivity index (χ1v) is 10.3. The molecule has 2 atom stereocenters. The summed E-state index contributed by atoms with van der Waals surface area (Å²) in [4.78, 5) is 49.1. The van der Waals surface area contributed by atoms with Crippen LogP contribution in [0.4, 0.5) is 0 Å². The highest BCUT2D eigenvalue weighted by Crippen LogP contribution is 2.22. The lowest BCUT2D eigenvalue weighted by Crippen LogP contribution is -2.53. The second kappa shape index (κ2) is 11.2. The number of carbonyl (C=O) groups is 4. The molecule has 0 aliphatic carbocycles. The summed E-state index contributed by atoms with van der Waals surface area (Å²) in [5.74, 6) is -2.86. The van der Waals surface area contributed by atoms with Gasteiger partial charge < -0.3 is 31.6 Å². The van der Waals surface area contributed by atoms with Crippen molar-refractivity contribution in [3.63, 3.8) is 0 Å². The summed E-state index contributed by atoms with van der Waals surface area (Å²) in [7, 11) is 0. The number of hydrogen-bond acceptors (Lipinski definition) is 6. The van der Waals surface area contributed by atoms with Crippen LogP contribution in [0.3, 0.4) is 0 Å². The number of para-hydroxylation sites is 1. The number of hydrogen-bond donors (Lipinski definition) is 6. The molecule has 1 aromatic heterocycles. The Morgan fingerprint density at radius 1 is 1.10 bits per heavy atom. The highest BCUT2D eigenvalue weighted by atomic mass is 32.2. The number of aromatic amines is 1. The quantitative estimate of drug-likeness (QED) is 0.275. The van der Waals surface area contributed by atoms with Crippen LogP contribution in [-0.2, 0) is 24.9 Å². The van der Waals surface area contributed by atoms with E-state index in [9.17, 15) is 19.2 Å².